The number of aromatic nitrogens is 2. The van der Waals surface area contributed by atoms with Crippen LogP contribution in [0, 0.1) is 0 Å². The van der Waals surface area contributed by atoms with Gasteiger partial charge in [0.25, 0.3) is 0 Å². The Morgan fingerprint density at radius 3 is 2.58 bits per heavy atom. The predicted octanol–water partition coefficient (Wildman–Crippen LogP) is 2.70. The van der Waals surface area contributed by atoms with Crippen molar-refractivity contribution < 1.29 is 4.74 Å². The number of rotatable bonds is 6. The van der Waals surface area contributed by atoms with Crippen LogP contribution in [0.15, 0.2) is 36.7 Å². The highest BCUT2D eigenvalue weighted by Gasteiger charge is 2.10. The fourth-order valence-electron chi connectivity index (χ4n) is 2.19. The Hall–Kier alpha value is -1.81. The van der Waals surface area contributed by atoms with Gasteiger partial charge in [0.15, 0.2) is 0 Å². The Bertz CT molecular complexity index is 479. The van der Waals surface area contributed by atoms with Crippen LogP contribution >= 0.6 is 0 Å². The second-order valence-corrected chi connectivity index (χ2v) is 4.87. The van der Waals surface area contributed by atoms with Gasteiger partial charge in [-0.2, -0.15) is 5.10 Å². The van der Waals surface area contributed by atoms with E-state index in [0.717, 1.165) is 12.2 Å². The molecule has 0 amide bonds. The lowest BCUT2D eigenvalue weighted by molar-refractivity contribution is 0.414. The number of nitrogens with zero attached hydrogens (tertiary/aromatic N) is 1. The Balaban J connectivity index is 1.88. The van der Waals surface area contributed by atoms with E-state index in [1.165, 1.54) is 11.1 Å². The molecule has 0 aliphatic carbocycles. The van der Waals surface area contributed by atoms with E-state index in [0.29, 0.717) is 12.1 Å². The Kier molecular flexibility index (Phi) is 4.58. The van der Waals surface area contributed by atoms with Crippen LogP contribution in [0.25, 0.3) is 0 Å². The monoisotopic (exact) mass is 259 g/mol. The molecule has 0 aliphatic heterocycles. The maximum atomic E-state index is 5.16. The molecule has 0 saturated carbocycles. The normalized spacial score (nSPS) is 14.1. The summed E-state index contributed by atoms with van der Waals surface area (Å²) in [6.45, 7) is 4.34. The molecule has 0 fully saturated rings. The summed E-state index contributed by atoms with van der Waals surface area (Å²) in [4.78, 5) is 0. The summed E-state index contributed by atoms with van der Waals surface area (Å²) < 4.78 is 5.16. The van der Waals surface area contributed by atoms with Crippen molar-refractivity contribution in [3.05, 3.63) is 47.8 Å². The molecule has 2 N–H and O–H groups in total. The van der Waals surface area contributed by atoms with Gasteiger partial charge in [-0.05, 0) is 38.0 Å². The van der Waals surface area contributed by atoms with Crippen LogP contribution in [-0.2, 0) is 6.42 Å². The minimum Gasteiger partial charge on any atom is -0.497 e. The third kappa shape index (κ3) is 3.83. The zero-order valence-corrected chi connectivity index (χ0v) is 11.7. The first-order valence-electron chi connectivity index (χ1n) is 6.56. The maximum Gasteiger partial charge on any atom is 0.118 e. The number of hydrogen-bond donors (Lipinski definition) is 2. The average molecular weight is 259 g/mol. The largest absolute Gasteiger partial charge is 0.497 e. The molecule has 2 rings (SSSR count). The van der Waals surface area contributed by atoms with Crippen molar-refractivity contribution in [2.24, 2.45) is 0 Å². The lowest BCUT2D eigenvalue weighted by Gasteiger charge is -2.19. The van der Waals surface area contributed by atoms with Crippen LogP contribution in [-0.4, -0.2) is 23.3 Å². The van der Waals surface area contributed by atoms with Crippen molar-refractivity contribution in [2.75, 3.05) is 7.11 Å². The van der Waals surface area contributed by atoms with Gasteiger partial charge in [0, 0.05) is 23.8 Å². The van der Waals surface area contributed by atoms with Crippen LogP contribution in [0.5, 0.6) is 5.75 Å². The van der Waals surface area contributed by atoms with Gasteiger partial charge in [-0.25, -0.2) is 0 Å². The number of hydrogen-bond acceptors (Lipinski definition) is 3. The number of ether oxygens (including phenoxy) is 1. The van der Waals surface area contributed by atoms with Gasteiger partial charge < -0.3 is 10.1 Å². The molecular formula is C15H21N3O. The topological polar surface area (TPSA) is 49.9 Å². The highest BCUT2D eigenvalue weighted by molar-refractivity contribution is 5.27. The fourth-order valence-corrected chi connectivity index (χ4v) is 2.19. The summed E-state index contributed by atoms with van der Waals surface area (Å²) in [6.07, 6.45) is 4.78. The minimum absolute atomic E-state index is 0.298. The van der Waals surface area contributed by atoms with Crippen LogP contribution < -0.4 is 10.1 Å². The SMILES string of the molecule is COc1ccc(CC(C)NC(C)c2cn[nH]c2)cc1. The first kappa shape index (κ1) is 13.6. The summed E-state index contributed by atoms with van der Waals surface area (Å²) in [5, 5.41) is 10.4. The predicted molar refractivity (Wildman–Crippen MR) is 76.3 cm³/mol. The molecule has 4 nitrogen and oxygen atoms in total. The lowest BCUT2D eigenvalue weighted by Crippen LogP contribution is -2.30. The molecule has 0 bridgehead atoms. The highest BCUT2D eigenvalue weighted by atomic mass is 16.5. The summed E-state index contributed by atoms with van der Waals surface area (Å²) in [5.41, 5.74) is 2.49. The molecule has 0 spiro atoms. The minimum atomic E-state index is 0.298. The van der Waals surface area contributed by atoms with Crippen molar-refractivity contribution in [2.45, 2.75) is 32.4 Å². The third-order valence-electron chi connectivity index (χ3n) is 3.25. The fraction of sp³-hybridized carbons (Fsp3) is 0.400. The standard InChI is InChI=1S/C15H21N3O/c1-11(18-12(2)14-9-16-17-10-14)8-13-4-6-15(19-3)7-5-13/h4-7,9-12,18H,8H2,1-3H3,(H,16,17). The van der Waals surface area contributed by atoms with E-state index in [9.17, 15) is 0 Å². The summed E-state index contributed by atoms with van der Waals surface area (Å²) in [5.74, 6) is 0.899. The molecule has 1 aromatic carbocycles. The molecule has 1 heterocycles. The molecule has 2 atom stereocenters. The Morgan fingerprint density at radius 2 is 2.00 bits per heavy atom. The maximum absolute atomic E-state index is 5.16. The molecule has 102 valence electrons. The van der Waals surface area contributed by atoms with Gasteiger partial charge in [-0.15, -0.1) is 0 Å². The molecule has 4 heteroatoms. The van der Waals surface area contributed by atoms with E-state index in [1.807, 2.05) is 24.5 Å². The van der Waals surface area contributed by atoms with E-state index in [4.69, 9.17) is 4.74 Å². The van der Waals surface area contributed by atoms with E-state index < -0.39 is 0 Å². The quantitative estimate of drug-likeness (QED) is 0.838. The van der Waals surface area contributed by atoms with Gasteiger partial charge in [0.2, 0.25) is 0 Å². The molecule has 2 aromatic rings. The van der Waals surface area contributed by atoms with E-state index in [1.54, 1.807) is 7.11 Å². The third-order valence-corrected chi connectivity index (χ3v) is 3.25. The van der Waals surface area contributed by atoms with Gasteiger partial charge in [-0.3, -0.25) is 5.10 Å². The smallest absolute Gasteiger partial charge is 0.118 e. The number of aromatic amines is 1. The molecular weight excluding hydrogens is 238 g/mol. The Morgan fingerprint density at radius 1 is 1.26 bits per heavy atom. The van der Waals surface area contributed by atoms with E-state index >= 15 is 0 Å². The van der Waals surface area contributed by atoms with E-state index in [-0.39, 0.29) is 0 Å². The number of methoxy groups -OCH3 is 1. The number of H-pyrrole nitrogens is 1. The van der Waals surface area contributed by atoms with Crippen LogP contribution in [0.4, 0.5) is 0 Å². The zero-order chi connectivity index (χ0) is 13.7. The molecule has 19 heavy (non-hydrogen) atoms. The summed E-state index contributed by atoms with van der Waals surface area (Å²) >= 11 is 0. The number of nitrogens with one attached hydrogen (secondary N) is 2. The molecule has 1 aromatic heterocycles. The number of benzene rings is 1. The first-order valence-corrected chi connectivity index (χ1v) is 6.56. The molecule has 0 radical (unpaired) electrons. The van der Waals surface area contributed by atoms with Crippen molar-refractivity contribution in [1.29, 1.82) is 0 Å². The second kappa shape index (κ2) is 6.38. The molecule has 0 saturated heterocycles. The second-order valence-electron chi connectivity index (χ2n) is 4.87. The summed E-state index contributed by atoms with van der Waals surface area (Å²) in [6, 6.07) is 8.92. The molecule has 0 aliphatic rings. The first-order chi connectivity index (χ1) is 9.19. The van der Waals surface area contributed by atoms with Crippen molar-refractivity contribution in [3.63, 3.8) is 0 Å². The van der Waals surface area contributed by atoms with E-state index in [2.05, 4.69) is 41.5 Å². The van der Waals surface area contributed by atoms with Crippen molar-refractivity contribution in [1.82, 2.24) is 15.5 Å². The molecule has 2 unspecified atom stereocenters. The Labute approximate surface area is 114 Å². The van der Waals surface area contributed by atoms with Gasteiger partial charge in [0.05, 0.1) is 13.3 Å². The van der Waals surface area contributed by atoms with Crippen LogP contribution in [0.1, 0.15) is 31.0 Å². The highest BCUT2D eigenvalue weighted by Crippen LogP contribution is 2.15. The van der Waals surface area contributed by atoms with Crippen LogP contribution in [0.2, 0.25) is 0 Å². The van der Waals surface area contributed by atoms with Gasteiger partial charge in [0.1, 0.15) is 5.75 Å². The lowest BCUT2D eigenvalue weighted by atomic mass is 10.1. The van der Waals surface area contributed by atoms with Crippen molar-refractivity contribution >= 4 is 0 Å². The van der Waals surface area contributed by atoms with Crippen molar-refractivity contribution in [3.8, 4) is 5.75 Å². The van der Waals surface area contributed by atoms with Gasteiger partial charge in [-0.1, -0.05) is 12.1 Å². The average Bonchev–Trinajstić information content (AvgIpc) is 2.93. The van der Waals surface area contributed by atoms with Crippen LogP contribution in [0.3, 0.4) is 0 Å². The van der Waals surface area contributed by atoms with Gasteiger partial charge >= 0.3 is 0 Å². The summed E-state index contributed by atoms with van der Waals surface area (Å²) in [7, 11) is 1.69. The zero-order valence-electron chi connectivity index (χ0n) is 11.7.